The largest absolute Gasteiger partial charge is 0.489 e. The number of hydrogen-bond acceptors (Lipinski definition) is 5. The molecule has 0 amide bonds. The summed E-state index contributed by atoms with van der Waals surface area (Å²) < 4.78 is 38.5. The second-order valence-electron chi connectivity index (χ2n) is 7.11. The highest BCUT2D eigenvalue weighted by molar-refractivity contribution is 7.90. The Hall–Kier alpha value is -2.22. The van der Waals surface area contributed by atoms with Crippen LogP contribution >= 0.6 is 23.2 Å². The maximum absolute atomic E-state index is 13.2. The van der Waals surface area contributed by atoms with Crippen LogP contribution in [0.15, 0.2) is 47.5 Å². The van der Waals surface area contributed by atoms with Gasteiger partial charge in [-0.25, -0.2) is 12.4 Å². The minimum atomic E-state index is -3.90. The second-order valence-corrected chi connectivity index (χ2v) is 9.71. The van der Waals surface area contributed by atoms with Crippen molar-refractivity contribution in [3.05, 3.63) is 58.2 Å². The molecule has 6 nitrogen and oxygen atoms in total. The summed E-state index contributed by atoms with van der Waals surface area (Å²) in [6.07, 6.45) is 1.61. The van der Waals surface area contributed by atoms with E-state index in [9.17, 15) is 13.2 Å². The summed E-state index contributed by atoms with van der Waals surface area (Å²) in [5.41, 5.74) is 1.18. The van der Waals surface area contributed by atoms with Gasteiger partial charge in [-0.1, -0.05) is 40.9 Å². The van der Waals surface area contributed by atoms with Crippen LogP contribution in [0.25, 0.3) is 10.9 Å². The number of aryl methyl sites for hydroxylation is 1. The summed E-state index contributed by atoms with van der Waals surface area (Å²) in [5.74, 6) is -0.278. The normalized spacial score (nSPS) is 18.4. The van der Waals surface area contributed by atoms with E-state index < -0.39 is 10.0 Å². The molecule has 1 saturated carbocycles. The third-order valence-corrected chi connectivity index (χ3v) is 7.44. The van der Waals surface area contributed by atoms with Gasteiger partial charge in [-0.2, -0.15) is 0 Å². The maximum Gasteiger partial charge on any atom is 0.312 e. The van der Waals surface area contributed by atoms with E-state index in [1.165, 1.54) is 12.3 Å². The molecule has 1 aliphatic rings. The second kappa shape index (κ2) is 7.80. The summed E-state index contributed by atoms with van der Waals surface area (Å²) in [5, 5.41) is 0.763. The number of benzene rings is 2. The van der Waals surface area contributed by atoms with E-state index in [1.807, 2.05) is 6.92 Å². The maximum atomic E-state index is 13.2. The number of hydrogen-bond donors (Lipinski definition) is 0. The topological polar surface area (TPSA) is 74.6 Å². The highest BCUT2D eigenvalue weighted by Gasteiger charge is 2.47. The Morgan fingerprint density at radius 3 is 2.57 bits per heavy atom. The Bertz CT molecular complexity index is 1230. The van der Waals surface area contributed by atoms with E-state index in [2.05, 4.69) is 0 Å². The van der Waals surface area contributed by atoms with Crippen molar-refractivity contribution in [2.75, 3.05) is 6.61 Å². The molecule has 2 aromatic carbocycles. The SMILES string of the molecule is CCOC(=O)C1CC1Oc1cc(Cl)c(Cl)c2c1ccn2S(=O)(=O)c1ccc(C)cc1. The van der Waals surface area contributed by atoms with Crippen molar-refractivity contribution in [3.63, 3.8) is 0 Å². The van der Waals surface area contributed by atoms with Crippen molar-refractivity contribution in [3.8, 4) is 5.75 Å². The molecule has 0 saturated heterocycles. The van der Waals surface area contributed by atoms with Crippen LogP contribution in [0.5, 0.6) is 5.75 Å². The molecule has 2 unspecified atom stereocenters. The number of esters is 1. The molecule has 9 heteroatoms. The van der Waals surface area contributed by atoms with Crippen LogP contribution < -0.4 is 4.74 Å². The van der Waals surface area contributed by atoms with Crippen LogP contribution in [0.4, 0.5) is 0 Å². The van der Waals surface area contributed by atoms with Crippen LogP contribution in [0.1, 0.15) is 18.9 Å². The van der Waals surface area contributed by atoms with Gasteiger partial charge in [0, 0.05) is 24.1 Å². The number of carbonyl (C=O) groups excluding carboxylic acids is 1. The zero-order valence-electron chi connectivity index (χ0n) is 16.3. The predicted molar refractivity (Wildman–Crippen MR) is 115 cm³/mol. The van der Waals surface area contributed by atoms with Crippen LogP contribution in [-0.4, -0.2) is 31.1 Å². The first-order valence-electron chi connectivity index (χ1n) is 9.38. The number of aromatic nitrogens is 1. The van der Waals surface area contributed by atoms with Crippen molar-refractivity contribution in [1.29, 1.82) is 0 Å². The molecule has 1 fully saturated rings. The Kier molecular flexibility index (Phi) is 5.46. The highest BCUT2D eigenvalue weighted by atomic mass is 35.5. The van der Waals surface area contributed by atoms with Gasteiger partial charge in [-0.3, -0.25) is 4.79 Å². The lowest BCUT2D eigenvalue weighted by Gasteiger charge is -2.12. The summed E-state index contributed by atoms with van der Waals surface area (Å²) >= 11 is 12.7. The Labute approximate surface area is 184 Å². The molecule has 1 heterocycles. The molecule has 0 radical (unpaired) electrons. The van der Waals surface area contributed by atoms with Gasteiger partial charge >= 0.3 is 5.97 Å². The number of fused-ring (bicyclic) bond motifs is 1. The lowest BCUT2D eigenvalue weighted by atomic mass is 10.2. The van der Waals surface area contributed by atoms with Crippen molar-refractivity contribution in [2.45, 2.75) is 31.3 Å². The quantitative estimate of drug-likeness (QED) is 0.485. The molecule has 0 aliphatic heterocycles. The minimum absolute atomic E-state index is 0.109. The average Bonchev–Trinajstić information content (AvgIpc) is 3.31. The fourth-order valence-electron chi connectivity index (χ4n) is 3.28. The van der Waals surface area contributed by atoms with E-state index in [-0.39, 0.29) is 38.4 Å². The Morgan fingerprint density at radius 2 is 1.90 bits per heavy atom. The minimum Gasteiger partial charge on any atom is -0.489 e. The average molecular weight is 468 g/mol. The van der Waals surface area contributed by atoms with Crippen molar-refractivity contribution in [1.82, 2.24) is 3.97 Å². The lowest BCUT2D eigenvalue weighted by molar-refractivity contribution is -0.145. The van der Waals surface area contributed by atoms with E-state index in [0.717, 1.165) is 9.54 Å². The molecule has 30 heavy (non-hydrogen) atoms. The molecular formula is C21H19Cl2NO5S. The van der Waals surface area contributed by atoms with Crippen LogP contribution in [0.3, 0.4) is 0 Å². The van der Waals surface area contributed by atoms with E-state index in [4.69, 9.17) is 32.7 Å². The summed E-state index contributed by atoms with van der Waals surface area (Å²) in [4.78, 5) is 12.0. The molecule has 3 aromatic rings. The third kappa shape index (κ3) is 3.66. The standard InChI is InChI=1S/C21H19Cl2NO5S/c1-3-28-21(25)15-10-17(15)29-18-11-16(22)19(23)20-14(18)8-9-24(20)30(26,27)13-6-4-12(2)5-7-13/h4-9,11,15,17H,3,10H2,1-2H3. The molecule has 158 valence electrons. The van der Waals surface area contributed by atoms with Crippen LogP contribution in [0, 0.1) is 12.8 Å². The number of halogens is 2. The Balaban J connectivity index is 1.74. The summed E-state index contributed by atoms with van der Waals surface area (Å²) in [7, 11) is -3.90. The van der Waals surface area contributed by atoms with E-state index >= 15 is 0 Å². The van der Waals surface area contributed by atoms with Gasteiger partial charge in [0.05, 0.1) is 33.0 Å². The number of carbonyl (C=O) groups is 1. The molecule has 0 N–H and O–H groups in total. The third-order valence-electron chi connectivity index (χ3n) is 4.97. The number of nitrogens with zero attached hydrogens (tertiary/aromatic N) is 1. The lowest BCUT2D eigenvalue weighted by Crippen LogP contribution is -2.13. The molecule has 0 bridgehead atoms. The molecule has 1 aromatic heterocycles. The molecular weight excluding hydrogens is 449 g/mol. The monoisotopic (exact) mass is 467 g/mol. The molecule has 0 spiro atoms. The molecule has 1 aliphatic carbocycles. The van der Waals surface area contributed by atoms with Gasteiger partial charge in [-0.05, 0) is 32.0 Å². The first-order valence-corrected chi connectivity index (χ1v) is 11.6. The fraction of sp³-hybridized carbons (Fsp3) is 0.286. The highest BCUT2D eigenvalue weighted by Crippen LogP contribution is 2.43. The predicted octanol–water partition coefficient (Wildman–Crippen LogP) is 4.82. The van der Waals surface area contributed by atoms with Gasteiger partial charge in [0.1, 0.15) is 11.9 Å². The van der Waals surface area contributed by atoms with E-state index in [0.29, 0.717) is 24.2 Å². The molecule has 4 rings (SSSR count). The zero-order valence-corrected chi connectivity index (χ0v) is 18.6. The zero-order chi connectivity index (χ0) is 21.6. The van der Waals surface area contributed by atoms with Gasteiger partial charge in [0.25, 0.3) is 10.0 Å². The summed E-state index contributed by atoms with van der Waals surface area (Å²) in [6.45, 7) is 3.93. The first-order chi connectivity index (χ1) is 14.2. The van der Waals surface area contributed by atoms with Crippen LogP contribution in [0.2, 0.25) is 10.0 Å². The first kappa shape index (κ1) is 21.0. The van der Waals surface area contributed by atoms with Crippen molar-refractivity contribution in [2.24, 2.45) is 5.92 Å². The van der Waals surface area contributed by atoms with E-state index in [1.54, 1.807) is 37.3 Å². The smallest absolute Gasteiger partial charge is 0.312 e. The van der Waals surface area contributed by atoms with Gasteiger partial charge in [-0.15, -0.1) is 0 Å². The van der Waals surface area contributed by atoms with Gasteiger partial charge < -0.3 is 9.47 Å². The summed E-state index contributed by atoms with van der Waals surface area (Å²) in [6, 6.07) is 9.69. The van der Waals surface area contributed by atoms with Crippen LogP contribution in [-0.2, 0) is 19.6 Å². The molecule has 2 atom stereocenters. The Morgan fingerprint density at radius 1 is 1.20 bits per heavy atom. The number of rotatable bonds is 6. The van der Waals surface area contributed by atoms with Crippen molar-refractivity contribution < 1.29 is 22.7 Å². The van der Waals surface area contributed by atoms with Gasteiger partial charge in [0.2, 0.25) is 0 Å². The number of ether oxygens (including phenoxy) is 2. The van der Waals surface area contributed by atoms with Crippen molar-refractivity contribution >= 4 is 50.1 Å². The van der Waals surface area contributed by atoms with Gasteiger partial charge in [0.15, 0.2) is 0 Å². The fourth-order valence-corrected chi connectivity index (χ4v) is 5.13.